The highest BCUT2D eigenvalue weighted by molar-refractivity contribution is 5.85. The zero-order valence-electron chi connectivity index (χ0n) is 17.7. The summed E-state index contributed by atoms with van der Waals surface area (Å²) in [5.74, 6) is -1.48. The zero-order chi connectivity index (χ0) is 20.0. The number of carboxylic acids is 1. The highest BCUT2D eigenvalue weighted by Gasteiger charge is 2.42. The number of carbonyl (C=O) groups excluding carboxylic acids is 1. The maximum atomic E-state index is 12.1. The second-order valence-electron chi connectivity index (χ2n) is 7.77. The number of methoxy groups -OCH3 is 1. The predicted octanol–water partition coefficient (Wildman–Crippen LogP) is 5.02. The van der Waals surface area contributed by atoms with E-state index in [1.165, 1.54) is 64.9 Å². The molecule has 0 rings (SSSR count). The van der Waals surface area contributed by atoms with Gasteiger partial charge in [0.25, 0.3) is 0 Å². The summed E-state index contributed by atoms with van der Waals surface area (Å²) in [6, 6.07) is 0.132. The van der Waals surface area contributed by atoms with Gasteiger partial charge in [0, 0.05) is 6.04 Å². The molecule has 0 amide bonds. The Kier molecular flexibility index (Phi) is 13.4. The molecular weight excluding hydrogens is 330 g/mol. The number of likely N-dealkylation sites (N-methyl/N-ethyl adjacent to an activating group) is 1. The third kappa shape index (κ3) is 9.56. The van der Waals surface area contributed by atoms with Gasteiger partial charge in [0.1, 0.15) is 5.54 Å². The van der Waals surface area contributed by atoms with E-state index in [4.69, 9.17) is 9.84 Å². The normalized spacial score (nSPS) is 14.8. The van der Waals surface area contributed by atoms with E-state index >= 15 is 0 Å². The Morgan fingerprint density at radius 3 is 1.88 bits per heavy atom. The highest BCUT2D eigenvalue weighted by Crippen LogP contribution is 2.25. The number of aliphatic carboxylic acids is 1. The van der Waals surface area contributed by atoms with Gasteiger partial charge in [0.15, 0.2) is 0 Å². The maximum Gasteiger partial charge on any atom is 0.326 e. The van der Waals surface area contributed by atoms with Crippen LogP contribution in [-0.2, 0) is 14.3 Å². The van der Waals surface area contributed by atoms with E-state index < -0.39 is 17.5 Å². The molecule has 0 aliphatic rings. The van der Waals surface area contributed by atoms with Gasteiger partial charge in [0.05, 0.1) is 13.5 Å². The van der Waals surface area contributed by atoms with Crippen molar-refractivity contribution in [3.63, 3.8) is 0 Å². The first-order valence-corrected chi connectivity index (χ1v) is 10.3. The van der Waals surface area contributed by atoms with Crippen molar-refractivity contribution in [2.24, 2.45) is 0 Å². The molecule has 5 heteroatoms. The monoisotopic (exact) mass is 371 g/mol. The van der Waals surface area contributed by atoms with Crippen LogP contribution in [0.5, 0.6) is 0 Å². The molecule has 0 bridgehead atoms. The number of carboxylic acid groups (broad SMARTS) is 1. The molecule has 0 aromatic rings. The molecule has 0 fully saturated rings. The Morgan fingerprint density at radius 1 is 1.00 bits per heavy atom. The molecule has 0 aliphatic carbocycles. The highest BCUT2D eigenvalue weighted by atomic mass is 16.5. The number of unbranched alkanes of at least 4 members (excludes halogenated alkanes) is 9. The van der Waals surface area contributed by atoms with Crippen molar-refractivity contribution in [1.82, 2.24) is 4.90 Å². The van der Waals surface area contributed by atoms with Gasteiger partial charge in [-0.1, -0.05) is 71.1 Å². The second kappa shape index (κ2) is 14.0. The SMILES string of the molecule is CCCCCCCCCCCCC(C)N(C)C(C)(CC(=O)O)C(=O)OC. The van der Waals surface area contributed by atoms with Crippen molar-refractivity contribution in [1.29, 1.82) is 0 Å². The van der Waals surface area contributed by atoms with Crippen LogP contribution in [0, 0.1) is 0 Å². The Balaban J connectivity index is 4.11. The predicted molar refractivity (Wildman–Crippen MR) is 106 cm³/mol. The average Bonchev–Trinajstić information content (AvgIpc) is 2.60. The van der Waals surface area contributed by atoms with Crippen molar-refractivity contribution in [3.8, 4) is 0 Å². The third-order valence-corrected chi connectivity index (χ3v) is 5.54. The second-order valence-corrected chi connectivity index (χ2v) is 7.77. The number of rotatable bonds is 16. The van der Waals surface area contributed by atoms with Gasteiger partial charge in [-0.15, -0.1) is 0 Å². The minimum atomic E-state index is -1.13. The first kappa shape index (κ1) is 24.9. The Labute approximate surface area is 160 Å². The fourth-order valence-corrected chi connectivity index (χ4v) is 3.46. The van der Waals surface area contributed by atoms with Crippen LogP contribution >= 0.6 is 0 Å². The van der Waals surface area contributed by atoms with Gasteiger partial charge in [-0.25, -0.2) is 0 Å². The molecule has 0 heterocycles. The lowest BCUT2D eigenvalue weighted by molar-refractivity contribution is -0.160. The summed E-state index contributed by atoms with van der Waals surface area (Å²) in [5, 5.41) is 9.15. The molecule has 0 spiro atoms. The first-order valence-electron chi connectivity index (χ1n) is 10.3. The van der Waals surface area contributed by atoms with Crippen LogP contribution in [0.1, 0.15) is 97.8 Å². The van der Waals surface area contributed by atoms with Crippen LogP contribution in [0.3, 0.4) is 0 Å². The number of esters is 1. The summed E-state index contributed by atoms with van der Waals surface area (Å²) >= 11 is 0. The van der Waals surface area contributed by atoms with Crippen molar-refractivity contribution in [2.45, 2.75) is 109 Å². The number of hydrogen-bond acceptors (Lipinski definition) is 4. The van der Waals surface area contributed by atoms with Gasteiger partial charge in [-0.2, -0.15) is 0 Å². The van der Waals surface area contributed by atoms with Gasteiger partial charge >= 0.3 is 11.9 Å². The van der Waals surface area contributed by atoms with E-state index in [0.717, 1.165) is 12.8 Å². The molecule has 0 radical (unpaired) electrons. The van der Waals surface area contributed by atoms with Crippen molar-refractivity contribution in [3.05, 3.63) is 0 Å². The quantitative estimate of drug-likeness (QED) is 0.305. The molecule has 0 aromatic carbocycles. The molecule has 1 N–H and O–H groups in total. The summed E-state index contributed by atoms with van der Waals surface area (Å²) in [7, 11) is 3.13. The van der Waals surface area contributed by atoms with E-state index in [1.807, 2.05) is 11.9 Å². The van der Waals surface area contributed by atoms with E-state index in [9.17, 15) is 9.59 Å². The molecule has 0 saturated carbocycles. The summed E-state index contributed by atoms with van der Waals surface area (Å²) < 4.78 is 4.85. The third-order valence-electron chi connectivity index (χ3n) is 5.54. The standard InChI is InChI=1S/C21H41NO4/c1-6-7-8-9-10-11-12-13-14-15-16-18(2)22(4)21(3,17-19(23)24)20(25)26-5/h18H,6-17H2,1-5H3,(H,23,24). The van der Waals surface area contributed by atoms with Crippen LogP contribution in [0.25, 0.3) is 0 Å². The van der Waals surface area contributed by atoms with E-state index in [-0.39, 0.29) is 12.5 Å². The average molecular weight is 372 g/mol. The van der Waals surface area contributed by atoms with Crippen molar-refractivity contribution in [2.75, 3.05) is 14.2 Å². The lowest BCUT2D eigenvalue weighted by Crippen LogP contribution is -2.55. The number of ether oxygens (including phenoxy) is 1. The summed E-state index contributed by atoms with van der Waals surface area (Å²) in [4.78, 5) is 25.2. The molecule has 154 valence electrons. The van der Waals surface area contributed by atoms with Gasteiger partial charge in [-0.05, 0) is 27.3 Å². The first-order chi connectivity index (χ1) is 12.3. The number of hydrogen-bond donors (Lipinski definition) is 1. The molecular formula is C21H41NO4. The molecule has 2 unspecified atom stereocenters. The minimum absolute atomic E-state index is 0.132. The number of nitrogens with zero attached hydrogens (tertiary/aromatic N) is 1. The lowest BCUT2D eigenvalue weighted by atomic mass is 9.93. The van der Waals surface area contributed by atoms with Gasteiger partial charge in [0.2, 0.25) is 0 Å². The van der Waals surface area contributed by atoms with Crippen LogP contribution in [0.2, 0.25) is 0 Å². The topological polar surface area (TPSA) is 66.8 Å². The summed E-state index contributed by atoms with van der Waals surface area (Å²) in [6.45, 7) is 5.95. The fourth-order valence-electron chi connectivity index (χ4n) is 3.46. The molecule has 26 heavy (non-hydrogen) atoms. The van der Waals surface area contributed by atoms with Gasteiger partial charge in [-0.3, -0.25) is 14.5 Å². The minimum Gasteiger partial charge on any atom is -0.481 e. The molecule has 2 atom stereocenters. The molecule has 0 aliphatic heterocycles. The van der Waals surface area contributed by atoms with E-state index in [0.29, 0.717) is 0 Å². The smallest absolute Gasteiger partial charge is 0.326 e. The largest absolute Gasteiger partial charge is 0.481 e. The maximum absolute atomic E-state index is 12.1. The van der Waals surface area contributed by atoms with Crippen molar-refractivity contribution >= 4 is 11.9 Å². The summed E-state index contributed by atoms with van der Waals surface area (Å²) in [5.41, 5.74) is -1.13. The van der Waals surface area contributed by atoms with E-state index in [2.05, 4.69) is 13.8 Å². The molecule has 0 saturated heterocycles. The summed E-state index contributed by atoms with van der Waals surface area (Å²) in [6.07, 6.45) is 13.6. The van der Waals surface area contributed by atoms with Crippen LogP contribution in [0.4, 0.5) is 0 Å². The zero-order valence-corrected chi connectivity index (χ0v) is 17.7. The van der Waals surface area contributed by atoms with Crippen LogP contribution in [-0.4, -0.2) is 47.7 Å². The Morgan fingerprint density at radius 2 is 1.46 bits per heavy atom. The molecule has 0 aromatic heterocycles. The lowest BCUT2D eigenvalue weighted by Gasteiger charge is -2.39. The fraction of sp³-hybridized carbons (Fsp3) is 0.905. The van der Waals surface area contributed by atoms with Crippen molar-refractivity contribution < 1.29 is 19.4 Å². The Bertz CT molecular complexity index is 399. The number of carbonyl (C=O) groups is 2. The van der Waals surface area contributed by atoms with Crippen LogP contribution in [0.15, 0.2) is 0 Å². The Hall–Kier alpha value is -1.10. The molecule has 5 nitrogen and oxygen atoms in total. The van der Waals surface area contributed by atoms with Gasteiger partial charge < -0.3 is 9.84 Å². The van der Waals surface area contributed by atoms with Crippen LogP contribution < -0.4 is 0 Å². The van der Waals surface area contributed by atoms with E-state index in [1.54, 1.807) is 6.92 Å².